The van der Waals surface area contributed by atoms with Crippen LogP contribution in [0.4, 0.5) is 0 Å². The molecule has 4 bridgehead atoms. The number of aryl methyl sites for hydroxylation is 1. The molecule has 6 aliphatic heterocycles. The minimum atomic E-state index is -0.942. The highest BCUT2D eigenvalue weighted by atomic mass is 32.2. The monoisotopic (exact) mass is 748 g/mol. The fourth-order valence-electron chi connectivity index (χ4n) is 9.22. The van der Waals surface area contributed by atoms with Crippen molar-refractivity contribution in [3.8, 4) is 34.8 Å². The number of carbonyl (C=O) groups is 3. The Hall–Kier alpha value is -4.19. The zero-order valence-electron chi connectivity index (χ0n) is 31.2. The lowest BCUT2D eigenvalue weighted by atomic mass is 9.71. The first kappa shape index (κ1) is 37.1. The van der Waals surface area contributed by atoms with Gasteiger partial charge in [0.2, 0.25) is 12.7 Å². The Balaban J connectivity index is 1.40. The predicted molar refractivity (Wildman–Crippen MR) is 195 cm³/mol. The van der Waals surface area contributed by atoms with Gasteiger partial charge in [-0.2, -0.15) is 5.26 Å². The van der Waals surface area contributed by atoms with Gasteiger partial charge in [0.15, 0.2) is 23.0 Å². The summed E-state index contributed by atoms with van der Waals surface area (Å²) in [5.41, 5.74) is 4.36. The van der Waals surface area contributed by atoms with Gasteiger partial charge in [0, 0.05) is 53.4 Å². The first-order valence-corrected chi connectivity index (χ1v) is 19.6. The number of amides is 1. The van der Waals surface area contributed by atoms with Crippen LogP contribution < -0.4 is 24.3 Å². The predicted octanol–water partition coefficient (Wildman–Crippen LogP) is 5.08. The fourth-order valence-corrected chi connectivity index (χ4v) is 10.7. The van der Waals surface area contributed by atoms with Crippen LogP contribution in [0.2, 0.25) is 0 Å². The van der Waals surface area contributed by atoms with E-state index in [1.165, 1.54) is 25.8 Å². The molecule has 2 N–H and O–H groups in total. The van der Waals surface area contributed by atoms with Crippen LogP contribution in [0, 0.1) is 25.2 Å². The largest absolute Gasteiger partial charge is 0.504 e. The number of nitrogens with one attached hydrogen (secondary N) is 1. The number of thioether (sulfide) groups is 1. The number of ether oxygens (including phenoxy) is 5. The van der Waals surface area contributed by atoms with E-state index in [0.29, 0.717) is 58.1 Å². The van der Waals surface area contributed by atoms with E-state index >= 15 is 0 Å². The first-order chi connectivity index (χ1) is 25.5. The number of phenols is 1. The van der Waals surface area contributed by atoms with Crippen molar-refractivity contribution in [1.29, 1.82) is 5.26 Å². The summed E-state index contributed by atoms with van der Waals surface area (Å²) >= 11 is 1.43. The van der Waals surface area contributed by atoms with E-state index in [1.54, 1.807) is 0 Å². The lowest BCUT2D eigenvalue weighted by Gasteiger charge is -2.61. The topological polar surface area (TPSA) is 160 Å². The molecule has 14 heteroatoms. The maximum atomic E-state index is 13.8. The summed E-state index contributed by atoms with van der Waals surface area (Å²) in [7, 11) is 3.51. The molecular weight excluding hydrogens is 701 g/mol. The molecule has 8 rings (SSSR count). The molecule has 53 heavy (non-hydrogen) atoms. The van der Waals surface area contributed by atoms with Crippen molar-refractivity contribution in [2.75, 3.05) is 33.3 Å². The number of aromatic hydroxyl groups is 1. The number of phenolic OH excluding ortho intramolecular Hbond substituents is 1. The van der Waals surface area contributed by atoms with Crippen molar-refractivity contribution in [3.05, 3.63) is 39.4 Å². The molecule has 7 atom stereocenters. The molecule has 2 fully saturated rings. The van der Waals surface area contributed by atoms with Gasteiger partial charge in [-0.15, -0.1) is 11.8 Å². The van der Waals surface area contributed by atoms with E-state index in [1.807, 2.05) is 27.0 Å². The van der Waals surface area contributed by atoms with Crippen molar-refractivity contribution in [2.45, 2.75) is 114 Å². The molecule has 284 valence electrons. The third kappa shape index (κ3) is 6.24. The Morgan fingerprint density at radius 2 is 1.85 bits per heavy atom. The number of likely N-dealkylation sites (N-methyl/N-ethyl adjacent to an activating group) is 1. The number of nitrogens with zero attached hydrogens (tertiary/aromatic N) is 3. The highest BCUT2D eigenvalue weighted by Crippen LogP contribution is 2.64. The lowest BCUT2D eigenvalue weighted by molar-refractivity contribution is -0.152. The highest BCUT2D eigenvalue weighted by molar-refractivity contribution is 7.99. The lowest BCUT2D eigenvalue weighted by Crippen LogP contribution is -2.69. The number of piperazine rings is 1. The molecule has 1 amide bonds. The molecular formula is C39H48N4O9S. The quantitative estimate of drug-likeness (QED) is 0.199. The molecule has 6 heterocycles. The number of rotatable bonds is 9. The Morgan fingerprint density at radius 3 is 2.57 bits per heavy atom. The molecule has 1 unspecified atom stereocenters. The molecule has 0 spiro atoms. The second-order valence-electron chi connectivity index (χ2n) is 14.7. The van der Waals surface area contributed by atoms with Crippen molar-refractivity contribution >= 4 is 29.6 Å². The van der Waals surface area contributed by atoms with Gasteiger partial charge < -0.3 is 34.1 Å². The average molecular weight is 749 g/mol. The van der Waals surface area contributed by atoms with Crippen molar-refractivity contribution < 1.29 is 43.2 Å². The van der Waals surface area contributed by atoms with E-state index in [2.05, 4.69) is 28.1 Å². The van der Waals surface area contributed by atoms with Crippen LogP contribution in [-0.2, 0) is 25.5 Å². The molecule has 2 aromatic carbocycles. The van der Waals surface area contributed by atoms with Crippen LogP contribution in [0.3, 0.4) is 0 Å². The van der Waals surface area contributed by atoms with Crippen LogP contribution in [0.1, 0.15) is 103 Å². The number of hydrogen-bond donors (Lipinski definition) is 2. The van der Waals surface area contributed by atoms with Crippen LogP contribution in [0.25, 0.3) is 0 Å². The van der Waals surface area contributed by atoms with Gasteiger partial charge in [0.1, 0.15) is 24.4 Å². The molecule has 0 aliphatic carbocycles. The summed E-state index contributed by atoms with van der Waals surface area (Å²) in [4.78, 5) is 44.1. The Kier molecular flexibility index (Phi) is 10.5. The first-order valence-electron chi connectivity index (χ1n) is 18.5. The number of methoxy groups -OCH3 is 1. The SMILES string of the molecule is CCCCCCCC(=O)N[C@H]1CS[C@@H]2c3c(OC(C)=O)c(C)c4c(c3[C@H](COC1=O)N1C2[C@H]2c3c(cc(C)c(OC)c3O)C[C@@H]([C@@H]1C#N)N2C)OCO4. The van der Waals surface area contributed by atoms with Gasteiger partial charge in [-0.25, -0.2) is 4.79 Å². The van der Waals surface area contributed by atoms with Crippen LogP contribution in [-0.4, -0.2) is 90.2 Å². The van der Waals surface area contributed by atoms with E-state index in [9.17, 15) is 24.8 Å². The van der Waals surface area contributed by atoms with E-state index < -0.39 is 47.4 Å². The number of nitriles is 1. The maximum absolute atomic E-state index is 13.8. The second kappa shape index (κ2) is 14.9. The second-order valence-corrected chi connectivity index (χ2v) is 15.8. The molecule has 0 aromatic heterocycles. The van der Waals surface area contributed by atoms with E-state index in [4.69, 9.17) is 23.7 Å². The van der Waals surface area contributed by atoms with Gasteiger partial charge in [0.25, 0.3) is 0 Å². The summed E-state index contributed by atoms with van der Waals surface area (Å²) in [6, 6.07) is 1.06. The third-order valence-corrected chi connectivity index (χ3v) is 12.9. The number of esters is 2. The van der Waals surface area contributed by atoms with Gasteiger partial charge >= 0.3 is 11.9 Å². The standard InChI is InChI=1S/C39H48N4O9S/c1-7-8-9-10-11-12-27(45)41-23-17-53-38-30-29(37-36(50-18-51-37)20(3)35(30)52-21(4)44)26(16-49-39(23)47)43-25(15-40)24-14-22-13-19(2)34(48-6)33(46)28(22)31(32(38)43)42(24)5/h13,23-26,31-32,38,46H,7-12,14,16-18H2,1-6H3,(H,41,45)/t23-,24-,25-,26-,31+,32?,38+/m0/s1. The summed E-state index contributed by atoms with van der Waals surface area (Å²) in [6.07, 6.45) is 5.73. The van der Waals surface area contributed by atoms with Gasteiger partial charge in [-0.05, 0) is 44.9 Å². The summed E-state index contributed by atoms with van der Waals surface area (Å²) in [5.74, 6) is 0.507. The van der Waals surface area contributed by atoms with Crippen LogP contribution in [0.5, 0.6) is 28.7 Å². The molecule has 2 saturated heterocycles. The van der Waals surface area contributed by atoms with Gasteiger partial charge in [-0.1, -0.05) is 38.7 Å². The zero-order valence-corrected chi connectivity index (χ0v) is 32.0. The highest BCUT2D eigenvalue weighted by Gasteiger charge is 2.60. The third-order valence-electron chi connectivity index (χ3n) is 11.5. The molecule has 13 nitrogen and oxygen atoms in total. The summed E-state index contributed by atoms with van der Waals surface area (Å²) in [6.45, 7) is 6.98. The van der Waals surface area contributed by atoms with E-state index in [-0.39, 0.29) is 36.9 Å². The minimum Gasteiger partial charge on any atom is -0.504 e. The number of benzene rings is 2. The minimum absolute atomic E-state index is 0.0453. The van der Waals surface area contributed by atoms with Crippen molar-refractivity contribution in [1.82, 2.24) is 15.1 Å². The molecule has 0 saturated carbocycles. The van der Waals surface area contributed by atoms with Crippen LogP contribution in [0.15, 0.2) is 6.07 Å². The molecule has 2 aromatic rings. The smallest absolute Gasteiger partial charge is 0.329 e. The summed E-state index contributed by atoms with van der Waals surface area (Å²) < 4.78 is 30.0. The van der Waals surface area contributed by atoms with Crippen LogP contribution >= 0.6 is 11.8 Å². The van der Waals surface area contributed by atoms with Crippen molar-refractivity contribution in [3.63, 3.8) is 0 Å². The number of unbranched alkanes of at least 4 members (excludes halogenated alkanes) is 4. The average Bonchev–Trinajstić information content (AvgIpc) is 3.61. The fraction of sp³-hybridized carbons (Fsp3) is 0.590. The van der Waals surface area contributed by atoms with E-state index in [0.717, 1.165) is 43.2 Å². The Morgan fingerprint density at radius 1 is 1.09 bits per heavy atom. The number of hydrogen-bond acceptors (Lipinski definition) is 13. The zero-order chi connectivity index (χ0) is 37.7. The summed E-state index contributed by atoms with van der Waals surface area (Å²) in [5, 5.41) is 25.3. The molecule has 6 aliphatic rings. The maximum Gasteiger partial charge on any atom is 0.329 e. The normalized spacial score (nSPS) is 27.1. The van der Waals surface area contributed by atoms with Gasteiger partial charge in [0.05, 0.1) is 30.5 Å². The van der Waals surface area contributed by atoms with Gasteiger partial charge in [-0.3, -0.25) is 19.4 Å². The van der Waals surface area contributed by atoms with Crippen molar-refractivity contribution in [2.24, 2.45) is 0 Å². The number of carbonyl (C=O) groups excluding carboxylic acids is 3. The number of fused-ring (bicyclic) bond motifs is 10. The molecule has 0 radical (unpaired) electrons. The Bertz CT molecular complexity index is 1860. The Labute approximate surface area is 314 Å².